The third-order valence-electron chi connectivity index (χ3n) is 3.06. The van der Waals surface area contributed by atoms with Gasteiger partial charge in [-0.05, 0) is 36.6 Å². The lowest BCUT2D eigenvalue weighted by molar-refractivity contribution is -0.124. The lowest BCUT2D eigenvalue weighted by Gasteiger charge is -2.13. The second kappa shape index (κ2) is 7.99. The molecule has 0 fully saturated rings. The number of carbonyl (C=O) groups excluding carboxylic acids is 2. The van der Waals surface area contributed by atoms with Crippen molar-refractivity contribution in [1.29, 1.82) is 0 Å². The van der Waals surface area contributed by atoms with Gasteiger partial charge in [0.25, 0.3) is 5.91 Å². The van der Waals surface area contributed by atoms with E-state index in [1.807, 2.05) is 24.4 Å². The lowest BCUT2D eigenvalue weighted by Crippen LogP contribution is -2.30. The van der Waals surface area contributed by atoms with Crippen molar-refractivity contribution >= 4 is 34.8 Å². The first-order valence-electron chi connectivity index (χ1n) is 6.84. The summed E-state index contributed by atoms with van der Waals surface area (Å²) in [6, 6.07) is 8.31. The van der Waals surface area contributed by atoms with Crippen LogP contribution in [-0.4, -0.2) is 25.6 Å². The molecule has 0 saturated carbocycles. The molecule has 0 saturated heterocycles. The zero-order chi connectivity index (χ0) is 16.8. The van der Waals surface area contributed by atoms with Gasteiger partial charge in [-0.15, -0.1) is 11.3 Å². The van der Waals surface area contributed by atoms with Gasteiger partial charge in [-0.3, -0.25) is 4.79 Å². The molecule has 7 heteroatoms. The number of benzene rings is 1. The van der Waals surface area contributed by atoms with E-state index in [9.17, 15) is 9.59 Å². The number of ether oxygens (including phenoxy) is 2. The number of halogens is 1. The Bertz CT molecular complexity index is 687. The molecule has 0 aliphatic heterocycles. The Morgan fingerprint density at radius 1 is 1.35 bits per heavy atom. The van der Waals surface area contributed by atoms with Gasteiger partial charge >= 0.3 is 5.97 Å². The number of carbonyl (C=O) groups is 2. The van der Waals surface area contributed by atoms with Crippen LogP contribution in [0.4, 0.5) is 0 Å². The number of nitrogens with one attached hydrogen (secondary N) is 1. The number of hydrogen-bond acceptors (Lipinski definition) is 5. The normalized spacial score (nSPS) is 11.6. The van der Waals surface area contributed by atoms with Crippen molar-refractivity contribution in [2.24, 2.45) is 0 Å². The van der Waals surface area contributed by atoms with E-state index < -0.39 is 5.97 Å². The van der Waals surface area contributed by atoms with E-state index in [0.29, 0.717) is 10.8 Å². The molecule has 5 nitrogen and oxygen atoms in total. The van der Waals surface area contributed by atoms with Crippen LogP contribution in [0, 0.1) is 0 Å². The van der Waals surface area contributed by atoms with E-state index in [1.54, 1.807) is 23.5 Å². The van der Waals surface area contributed by atoms with E-state index >= 15 is 0 Å². The smallest absolute Gasteiger partial charge is 0.342 e. The summed E-state index contributed by atoms with van der Waals surface area (Å²) >= 11 is 7.41. The van der Waals surface area contributed by atoms with Crippen molar-refractivity contribution in [3.8, 4) is 5.75 Å². The number of hydrogen-bond donors (Lipinski definition) is 1. The van der Waals surface area contributed by atoms with Gasteiger partial charge < -0.3 is 14.8 Å². The Hall–Kier alpha value is -2.05. The number of esters is 1. The average molecular weight is 354 g/mol. The van der Waals surface area contributed by atoms with Gasteiger partial charge in [0.1, 0.15) is 11.3 Å². The fourth-order valence-corrected chi connectivity index (χ4v) is 2.85. The highest BCUT2D eigenvalue weighted by molar-refractivity contribution is 7.10. The van der Waals surface area contributed by atoms with Gasteiger partial charge in [-0.1, -0.05) is 17.7 Å². The van der Waals surface area contributed by atoms with E-state index in [0.717, 1.165) is 4.88 Å². The standard InChI is InChI=1S/C16H16ClNO4S/c1-10(14-4-3-7-23-14)18-15(19)9-22-16(20)12-8-11(17)5-6-13(12)21-2/h3-8,10H,9H2,1-2H3,(H,18,19). The molecule has 1 aromatic carbocycles. The molecule has 1 atom stereocenters. The maximum atomic E-state index is 12.1. The topological polar surface area (TPSA) is 64.6 Å². The molecule has 23 heavy (non-hydrogen) atoms. The molecule has 0 aliphatic rings. The van der Waals surface area contributed by atoms with Crippen LogP contribution >= 0.6 is 22.9 Å². The largest absolute Gasteiger partial charge is 0.496 e. The van der Waals surface area contributed by atoms with Gasteiger partial charge in [-0.25, -0.2) is 4.79 Å². The molecule has 1 aromatic heterocycles. The van der Waals surface area contributed by atoms with Crippen LogP contribution in [0.1, 0.15) is 28.2 Å². The zero-order valence-corrected chi connectivity index (χ0v) is 14.2. The molecule has 122 valence electrons. The molecule has 2 rings (SSSR count). The summed E-state index contributed by atoms with van der Waals surface area (Å²) in [7, 11) is 1.44. The molecule has 0 spiro atoms. The van der Waals surface area contributed by atoms with Crippen LogP contribution in [-0.2, 0) is 9.53 Å². The van der Waals surface area contributed by atoms with Gasteiger partial charge in [0.05, 0.1) is 13.2 Å². The first kappa shape index (κ1) is 17.3. The summed E-state index contributed by atoms with van der Waals surface area (Å²) in [5.74, 6) is -0.699. The molecular formula is C16H16ClNO4S. The van der Waals surface area contributed by atoms with Gasteiger partial charge in [0.15, 0.2) is 6.61 Å². The summed E-state index contributed by atoms with van der Waals surface area (Å²) in [5, 5.41) is 5.08. The number of rotatable bonds is 6. The Morgan fingerprint density at radius 3 is 2.78 bits per heavy atom. The van der Waals surface area contributed by atoms with Gasteiger partial charge in [0, 0.05) is 9.90 Å². The predicted octanol–water partition coefficient (Wildman–Crippen LogP) is 3.44. The summed E-state index contributed by atoms with van der Waals surface area (Å²) in [5.41, 5.74) is 0.180. The highest BCUT2D eigenvalue weighted by atomic mass is 35.5. The second-order valence-corrected chi connectivity index (χ2v) is 6.14. The fraction of sp³-hybridized carbons (Fsp3) is 0.250. The highest BCUT2D eigenvalue weighted by Gasteiger charge is 2.17. The van der Waals surface area contributed by atoms with Crippen LogP contribution < -0.4 is 10.1 Å². The Balaban J connectivity index is 1.91. The summed E-state index contributed by atoms with van der Waals surface area (Å²) in [6.45, 7) is 1.50. The Kier molecular flexibility index (Phi) is 6.01. The monoisotopic (exact) mass is 353 g/mol. The molecule has 2 aromatic rings. The van der Waals surface area contributed by atoms with Crippen LogP contribution in [0.15, 0.2) is 35.7 Å². The van der Waals surface area contributed by atoms with Crippen molar-refractivity contribution < 1.29 is 19.1 Å². The maximum Gasteiger partial charge on any atom is 0.342 e. The molecule has 1 unspecified atom stereocenters. The SMILES string of the molecule is COc1ccc(Cl)cc1C(=O)OCC(=O)NC(C)c1cccs1. The third-order valence-corrected chi connectivity index (χ3v) is 4.35. The summed E-state index contributed by atoms with van der Waals surface area (Å²) in [4.78, 5) is 25.0. The van der Waals surface area contributed by atoms with Gasteiger partial charge in [-0.2, -0.15) is 0 Å². The number of thiophene rings is 1. The number of methoxy groups -OCH3 is 1. The average Bonchev–Trinajstić information content (AvgIpc) is 3.07. The van der Waals surface area contributed by atoms with Crippen molar-refractivity contribution in [3.05, 3.63) is 51.2 Å². The molecule has 1 N–H and O–H groups in total. The van der Waals surface area contributed by atoms with Crippen molar-refractivity contribution in [2.45, 2.75) is 13.0 Å². The van der Waals surface area contributed by atoms with Crippen molar-refractivity contribution in [3.63, 3.8) is 0 Å². The lowest BCUT2D eigenvalue weighted by atomic mass is 10.2. The Morgan fingerprint density at radius 2 is 2.13 bits per heavy atom. The minimum Gasteiger partial charge on any atom is -0.496 e. The molecular weight excluding hydrogens is 338 g/mol. The first-order chi connectivity index (χ1) is 11.0. The number of amides is 1. The molecule has 1 heterocycles. The van der Waals surface area contributed by atoms with Crippen LogP contribution in [0.25, 0.3) is 0 Å². The maximum absolute atomic E-state index is 12.1. The van der Waals surface area contributed by atoms with E-state index in [2.05, 4.69) is 5.32 Å². The van der Waals surface area contributed by atoms with Crippen LogP contribution in [0.5, 0.6) is 5.75 Å². The molecule has 0 radical (unpaired) electrons. The Labute approximate surface area is 143 Å². The van der Waals surface area contributed by atoms with Gasteiger partial charge in [0.2, 0.25) is 0 Å². The van der Waals surface area contributed by atoms with Crippen molar-refractivity contribution in [1.82, 2.24) is 5.32 Å². The quantitative estimate of drug-likeness (QED) is 0.808. The molecule has 1 amide bonds. The minimum absolute atomic E-state index is 0.137. The molecule has 0 bridgehead atoms. The third kappa shape index (κ3) is 4.71. The summed E-state index contributed by atoms with van der Waals surface area (Å²) in [6.07, 6.45) is 0. The minimum atomic E-state index is -0.664. The zero-order valence-electron chi connectivity index (χ0n) is 12.7. The molecule has 0 aliphatic carbocycles. The van der Waals surface area contributed by atoms with E-state index in [4.69, 9.17) is 21.1 Å². The predicted molar refractivity (Wildman–Crippen MR) is 89.2 cm³/mol. The van der Waals surface area contributed by atoms with Crippen LogP contribution in [0.3, 0.4) is 0 Å². The van der Waals surface area contributed by atoms with E-state index in [1.165, 1.54) is 13.2 Å². The fourth-order valence-electron chi connectivity index (χ4n) is 1.94. The van der Waals surface area contributed by atoms with E-state index in [-0.39, 0.29) is 24.1 Å². The van der Waals surface area contributed by atoms with Crippen LogP contribution in [0.2, 0.25) is 5.02 Å². The second-order valence-electron chi connectivity index (χ2n) is 4.73. The first-order valence-corrected chi connectivity index (χ1v) is 8.10. The summed E-state index contributed by atoms with van der Waals surface area (Å²) < 4.78 is 10.1. The highest BCUT2D eigenvalue weighted by Crippen LogP contribution is 2.23. The van der Waals surface area contributed by atoms with Crippen molar-refractivity contribution in [2.75, 3.05) is 13.7 Å².